The Kier molecular flexibility index (Phi) is 6.05. The van der Waals surface area contributed by atoms with Crippen LogP contribution in [0.5, 0.6) is 0 Å². The van der Waals surface area contributed by atoms with Crippen LogP contribution in [0.1, 0.15) is 43.5 Å². The molecule has 1 aromatic rings. The van der Waals surface area contributed by atoms with Crippen molar-refractivity contribution >= 4 is 35.1 Å². The van der Waals surface area contributed by atoms with Gasteiger partial charge in [-0.3, -0.25) is 9.59 Å². The van der Waals surface area contributed by atoms with E-state index in [0.717, 1.165) is 12.8 Å². The summed E-state index contributed by atoms with van der Waals surface area (Å²) < 4.78 is 5.22. The Hall–Kier alpha value is -2.08. The van der Waals surface area contributed by atoms with Crippen LogP contribution in [0.3, 0.4) is 0 Å². The van der Waals surface area contributed by atoms with Crippen LogP contribution in [0.15, 0.2) is 18.2 Å². The number of rotatable bonds is 4. The number of benzene rings is 1. The molecule has 0 radical (unpaired) electrons. The molecular weight excluding hydrogens is 368 g/mol. The fourth-order valence-electron chi connectivity index (χ4n) is 3.92. The van der Waals surface area contributed by atoms with Gasteiger partial charge in [-0.25, -0.2) is 4.79 Å². The molecule has 1 aromatic carbocycles. The van der Waals surface area contributed by atoms with E-state index in [4.69, 9.17) is 16.3 Å². The molecule has 0 saturated carbocycles. The number of halogens is 1. The molecule has 0 bridgehead atoms. The quantitative estimate of drug-likeness (QED) is 0.738. The molecule has 0 aliphatic carbocycles. The molecule has 0 aromatic heterocycles. The Labute approximate surface area is 164 Å². The first kappa shape index (κ1) is 19.7. The van der Waals surface area contributed by atoms with Crippen molar-refractivity contribution in [3.05, 3.63) is 28.8 Å². The van der Waals surface area contributed by atoms with Gasteiger partial charge < -0.3 is 14.5 Å². The highest BCUT2D eigenvalue weighted by Crippen LogP contribution is 2.30. The smallest absolute Gasteiger partial charge is 0.338 e. The maximum atomic E-state index is 12.4. The lowest BCUT2D eigenvalue weighted by atomic mass is 9.92. The molecule has 2 amide bonds. The number of ether oxygens (including phenoxy) is 1. The number of nitrogens with zero attached hydrogens (tertiary/aromatic N) is 2. The van der Waals surface area contributed by atoms with Gasteiger partial charge in [-0.05, 0) is 42.9 Å². The number of amides is 2. The van der Waals surface area contributed by atoms with Gasteiger partial charge in [0.1, 0.15) is 0 Å². The zero-order valence-corrected chi connectivity index (χ0v) is 16.5. The first-order valence-corrected chi connectivity index (χ1v) is 9.77. The van der Waals surface area contributed by atoms with Crippen LogP contribution >= 0.6 is 11.6 Å². The van der Waals surface area contributed by atoms with Crippen LogP contribution in [0.25, 0.3) is 0 Å². The van der Waals surface area contributed by atoms with Crippen LogP contribution in [0.4, 0.5) is 5.69 Å². The van der Waals surface area contributed by atoms with Gasteiger partial charge in [0.25, 0.3) is 5.91 Å². The summed E-state index contributed by atoms with van der Waals surface area (Å²) in [6, 6.07) is 4.68. The first-order valence-electron chi connectivity index (χ1n) is 9.40. The molecule has 2 atom stereocenters. The minimum absolute atomic E-state index is 0.00840. The monoisotopic (exact) mass is 392 g/mol. The van der Waals surface area contributed by atoms with Gasteiger partial charge in [-0.2, -0.15) is 0 Å². The van der Waals surface area contributed by atoms with E-state index >= 15 is 0 Å². The topological polar surface area (TPSA) is 66.9 Å². The van der Waals surface area contributed by atoms with E-state index in [-0.39, 0.29) is 24.0 Å². The number of carbonyl (C=O) groups is 3. The fourth-order valence-corrected chi connectivity index (χ4v) is 4.14. The second kappa shape index (κ2) is 8.30. The molecule has 2 saturated heterocycles. The Morgan fingerprint density at radius 2 is 1.93 bits per heavy atom. The van der Waals surface area contributed by atoms with E-state index < -0.39 is 5.97 Å². The van der Waals surface area contributed by atoms with E-state index in [1.807, 2.05) is 0 Å². The van der Waals surface area contributed by atoms with Crippen LogP contribution < -0.4 is 4.90 Å². The highest BCUT2D eigenvalue weighted by molar-refractivity contribution is 6.34. The molecule has 146 valence electrons. The highest BCUT2D eigenvalue weighted by Gasteiger charge is 2.27. The number of esters is 1. The van der Waals surface area contributed by atoms with Crippen LogP contribution in [0.2, 0.25) is 5.02 Å². The molecule has 2 aliphatic heterocycles. The second-order valence-electron chi connectivity index (χ2n) is 7.64. The number of anilines is 1. The van der Waals surface area contributed by atoms with E-state index in [2.05, 4.69) is 13.8 Å². The molecule has 2 fully saturated rings. The molecule has 2 heterocycles. The van der Waals surface area contributed by atoms with Gasteiger partial charge in [0, 0.05) is 26.1 Å². The number of hydrogen-bond acceptors (Lipinski definition) is 4. The maximum absolute atomic E-state index is 12.4. The molecule has 27 heavy (non-hydrogen) atoms. The number of piperidine rings is 1. The number of carbonyl (C=O) groups excluding carboxylic acids is 3. The minimum atomic E-state index is -0.592. The molecular formula is C20H25ClN2O4. The van der Waals surface area contributed by atoms with Crippen molar-refractivity contribution in [1.29, 1.82) is 0 Å². The summed E-state index contributed by atoms with van der Waals surface area (Å²) in [5.74, 6) is 0.123. The lowest BCUT2D eigenvalue weighted by Gasteiger charge is -2.34. The predicted octanol–water partition coefficient (Wildman–Crippen LogP) is 3.13. The summed E-state index contributed by atoms with van der Waals surface area (Å²) in [5.41, 5.74) is 0.793. The van der Waals surface area contributed by atoms with Crippen molar-refractivity contribution in [1.82, 2.24) is 4.90 Å². The van der Waals surface area contributed by atoms with Gasteiger partial charge in [0.2, 0.25) is 5.91 Å². The molecule has 2 aliphatic rings. The lowest BCUT2D eigenvalue weighted by Crippen LogP contribution is -2.44. The highest BCUT2D eigenvalue weighted by atomic mass is 35.5. The molecule has 3 rings (SSSR count). The second-order valence-corrected chi connectivity index (χ2v) is 8.04. The SMILES string of the molecule is C[C@@H]1C[C@H](C)CN(C(=O)COC(=O)c2ccc(Cl)c(N3CCCC3=O)c2)C1. The van der Waals surface area contributed by atoms with Gasteiger partial charge in [0.15, 0.2) is 6.61 Å². The average Bonchev–Trinajstić information content (AvgIpc) is 3.04. The zero-order valence-electron chi connectivity index (χ0n) is 15.7. The summed E-state index contributed by atoms with van der Waals surface area (Å²) in [4.78, 5) is 40.1. The summed E-state index contributed by atoms with van der Waals surface area (Å²) >= 11 is 6.20. The fraction of sp³-hybridized carbons (Fsp3) is 0.550. The third-order valence-electron chi connectivity index (χ3n) is 5.09. The van der Waals surface area contributed by atoms with E-state index in [0.29, 0.717) is 48.6 Å². The molecule has 0 N–H and O–H groups in total. The van der Waals surface area contributed by atoms with Gasteiger partial charge in [-0.1, -0.05) is 25.4 Å². The van der Waals surface area contributed by atoms with E-state index in [1.54, 1.807) is 28.0 Å². The standard InChI is InChI=1S/C20H25ClN2O4/c1-13-8-14(2)11-22(10-13)19(25)12-27-20(26)15-5-6-16(21)17(9-15)23-7-3-4-18(23)24/h5-6,9,13-14H,3-4,7-8,10-12H2,1-2H3/t13-,14+. The van der Waals surface area contributed by atoms with E-state index in [9.17, 15) is 14.4 Å². The zero-order chi connectivity index (χ0) is 19.6. The maximum Gasteiger partial charge on any atom is 0.338 e. The lowest BCUT2D eigenvalue weighted by molar-refractivity contribution is -0.137. The Bertz CT molecular complexity index is 741. The minimum Gasteiger partial charge on any atom is -0.452 e. The third-order valence-corrected chi connectivity index (χ3v) is 5.41. The van der Waals surface area contributed by atoms with Crippen molar-refractivity contribution in [3.63, 3.8) is 0 Å². The van der Waals surface area contributed by atoms with Gasteiger partial charge >= 0.3 is 5.97 Å². The summed E-state index contributed by atoms with van der Waals surface area (Å²) in [6.07, 6.45) is 2.35. The Morgan fingerprint density at radius 1 is 1.22 bits per heavy atom. The van der Waals surface area contributed by atoms with Crippen LogP contribution in [-0.2, 0) is 14.3 Å². The van der Waals surface area contributed by atoms with Crippen molar-refractivity contribution in [2.75, 3.05) is 31.1 Å². The summed E-state index contributed by atoms with van der Waals surface area (Å²) in [5, 5.41) is 0.411. The summed E-state index contributed by atoms with van der Waals surface area (Å²) in [7, 11) is 0. The summed E-state index contributed by atoms with van der Waals surface area (Å²) in [6.45, 7) is 5.94. The van der Waals surface area contributed by atoms with Gasteiger partial charge in [-0.15, -0.1) is 0 Å². The number of hydrogen-bond donors (Lipinski definition) is 0. The van der Waals surface area contributed by atoms with Gasteiger partial charge in [0.05, 0.1) is 16.3 Å². The van der Waals surface area contributed by atoms with E-state index in [1.165, 1.54) is 0 Å². The Balaban J connectivity index is 1.63. The molecule has 0 unspecified atom stereocenters. The first-order chi connectivity index (χ1) is 12.8. The van der Waals surface area contributed by atoms with Crippen molar-refractivity contribution in [3.8, 4) is 0 Å². The molecule has 7 heteroatoms. The average molecular weight is 393 g/mol. The van der Waals surface area contributed by atoms with Crippen molar-refractivity contribution in [2.45, 2.75) is 33.1 Å². The number of likely N-dealkylation sites (tertiary alicyclic amines) is 1. The third kappa shape index (κ3) is 4.61. The van der Waals surface area contributed by atoms with Crippen molar-refractivity contribution in [2.24, 2.45) is 11.8 Å². The Morgan fingerprint density at radius 3 is 2.56 bits per heavy atom. The largest absolute Gasteiger partial charge is 0.452 e. The molecule has 6 nitrogen and oxygen atoms in total. The van der Waals surface area contributed by atoms with Crippen LogP contribution in [0, 0.1) is 11.8 Å². The molecule has 0 spiro atoms. The predicted molar refractivity (Wildman–Crippen MR) is 103 cm³/mol. The normalized spacial score (nSPS) is 22.9. The van der Waals surface area contributed by atoms with Crippen molar-refractivity contribution < 1.29 is 19.1 Å². The van der Waals surface area contributed by atoms with Crippen LogP contribution in [-0.4, -0.2) is 48.9 Å².